The molecular weight excluding hydrogens is 382 g/mol. The minimum atomic E-state index is 0.100. The van der Waals surface area contributed by atoms with Crippen molar-refractivity contribution in [3.05, 3.63) is 70.4 Å². The van der Waals surface area contributed by atoms with Gasteiger partial charge in [-0.05, 0) is 55.0 Å². The molecule has 150 valence electrons. The van der Waals surface area contributed by atoms with Gasteiger partial charge in [-0.1, -0.05) is 41.4 Å². The third kappa shape index (κ3) is 3.67. The average Bonchev–Trinajstić information content (AvgIpc) is 3.10. The summed E-state index contributed by atoms with van der Waals surface area (Å²) in [5.41, 5.74) is 4.73. The molecule has 5 heteroatoms. The van der Waals surface area contributed by atoms with Gasteiger partial charge in [-0.15, -0.1) is 0 Å². The lowest BCUT2D eigenvalue weighted by Gasteiger charge is -2.54. The van der Waals surface area contributed by atoms with Crippen LogP contribution in [-0.2, 0) is 6.54 Å². The van der Waals surface area contributed by atoms with Gasteiger partial charge in [0.2, 0.25) is 0 Å². The number of hydrogen-bond donors (Lipinski definition) is 1. The Bertz CT molecular complexity index is 1060. The quantitative estimate of drug-likeness (QED) is 0.672. The van der Waals surface area contributed by atoms with Crippen molar-refractivity contribution < 1.29 is 4.79 Å². The molecule has 1 amide bonds. The van der Waals surface area contributed by atoms with Crippen molar-refractivity contribution in [2.45, 2.75) is 26.3 Å². The van der Waals surface area contributed by atoms with Crippen LogP contribution in [0.15, 0.2) is 48.5 Å². The molecule has 3 heterocycles. The molecule has 3 aromatic rings. The molecule has 2 aliphatic rings. The number of nitrogens with one attached hydrogen (secondary N) is 1. The molecule has 5 rings (SSSR count). The number of likely N-dealkylation sites (tertiary alicyclic amines) is 2. The SMILES string of the molecule is Cc1cccc(CN2CC3(CCN(C(=O)c4cc5cc(Cl)ccc5[nH]4)CC3)C2)c1. The Morgan fingerprint density at radius 2 is 1.90 bits per heavy atom. The van der Waals surface area contributed by atoms with E-state index in [0.29, 0.717) is 16.1 Å². The van der Waals surface area contributed by atoms with Crippen LogP contribution in [0.3, 0.4) is 0 Å². The highest BCUT2D eigenvalue weighted by molar-refractivity contribution is 6.31. The Balaban J connectivity index is 1.18. The number of rotatable bonds is 3. The molecule has 1 spiro atoms. The summed E-state index contributed by atoms with van der Waals surface area (Å²) in [6.07, 6.45) is 2.18. The number of aryl methyl sites for hydroxylation is 1. The number of aromatic nitrogens is 1. The Kier molecular flexibility index (Phi) is 4.64. The van der Waals surface area contributed by atoms with Crippen LogP contribution in [0.1, 0.15) is 34.5 Å². The molecule has 2 aliphatic heterocycles. The van der Waals surface area contributed by atoms with Crippen molar-refractivity contribution in [2.24, 2.45) is 5.41 Å². The molecule has 0 unspecified atom stereocenters. The largest absolute Gasteiger partial charge is 0.351 e. The standard InChI is InChI=1S/C24H26ClN3O/c1-17-3-2-4-18(11-17)14-27-15-24(16-27)7-9-28(10-8-24)23(29)22-13-19-12-20(25)5-6-21(19)26-22/h2-6,11-13,26H,7-10,14-16H2,1H3. The van der Waals surface area contributed by atoms with Crippen molar-refractivity contribution in [3.63, 3.8) is 0 Å². The van der Waals surface area contributed by atoms with E-state index < -0.39 is 0 Å². The highest BCUT2D eigenvalue weighted by Gasteiger charge is 2.45. The van der Waals surface area contributed by atoms with Crippen molar-refractivity contribution in [3.8, 4) is 0 Å². The van der Waals surface area contributed by atoms with Gasteiger partial charge in [-0.25, -0.2) is 0 Å². The van der Waals surface area contributed by atoms with Gasteiger partial charge in [0.25, 0.3) is 5.91 Å². The third-order valence-corrected chi connectivity index (χ3v) is 6.77. The number of nitrogens with zero attached hydrogens (tertiary/aromatic N) is 2. The van der Waals surface area contributed by atoms with Gasteiger partial charge < -0.3 is 9.88 Å². The van der Waals surface area contributed by atoms with Crippen LogP contribution in [0.25, 0.3) is 10.9 Å². The van der Waals surface area contributed by atoms with Crippen LogP contribution in [0.4, 0.5) is 0 Å². The summed E-state index contributed by atoms with van der Waals surface area (Å²) in [4.78, 5) is 20.7. The summed E-state index contributed by atoms with van der Waals surface area (Å²) in [6.45, 7) is 7.15. The van der Waals surface area contributed by atoms with E-state index in [1.807, 2.05) is 29.2 Å². The normalized spacial score (nSPS) is 18.9. The van der Waals surface area contributed by atoms with Crippen LogP contribution >= 0.6 is 11.6 Å². The molecule has 2 aromatic carbocycles. The van der Waals surface area contributed by atoms with E-state index in [9.17, 15) is 4.79 Å². The lowest BCUT2D eigenvalue weighted by Crippen LogP contribution is -2.60. The first-order chi connectivity index (χ1) is 14.0. The number of benzene rings is 2. The molecule has 2 fully saturated rings. The van der Waals surface area contributed by atoms with Gasteiger partial charge in [0.15, 0.2) is 0 Å². The topological polar surface area (TPSA) is 39.3 Å². The molecule has 0 radical (unpaired) electrons. The lowest BCUT2D eigenvalue weighted by molar-refractivity contribution is -0.0465. The minimum absolute atomic E-state index is 0.100. The summed E-state index contributed by atoms with van der Waals surface area (Å²) in [7, 11) is 0. The van der Waals surface area contributed by atoms with E-state index >= 15 is 0 Å². The number of hydrogen-bond acceptors (Lipinski definition) is 2. The van der Waals surface area contributed by atoms with Crippen molar-refractivity contribution in [2.75, 3.05) is 26.2 Å². The van der Waals surface area contributed by atoms with Crippen LogP contribution in [-0.4, -0.2) is 46.9 Å². The first kappa shape index (κ1) is 18.7. The second-order valence-electron chi connectivity index (χ2n) is 8.84. The Labute approximate surface area is 176 Å². The predicted octanol–water partition coefficient (Wildman–Crippen LogP) is 4.87. The molecule has 0 aliphatic carbocycles. The maximum atomic E-state index is 13.0. The molecule has 0 saturated carbocycles. The highest BCUT2D eigenvalue weighted by atomic mass is 35.5. The van der Waals surface area contributed by atoms with E-state index in [2.05, 4.69) is 41.1 Å². The number of fused-ring (bicyclic) bond motifs is 1. The fraction of sp³-hybridized carbons (Fsp3) is 0.375. The summed E-state index contributed by atoms with van der Waals surface area (Å²) in [6, 6.07) is 16.4. The maximum Gasteiger partial charge on any atom is 0.270 e. The molecular formula is C24H26ClN3O. The van der Waals surface area contributed by atoms with Crippen LogP contribution in [0, 0.1) is 12.3 Å². The Morgan fingerprint density at radius 3 is 2.66 bits per heavy atom. The zero-order chi connectivity index (χ0) is 20.0. The zero-order valence-electron chi connectivity index (χ0n) is 16.7. The first-order valence-corrected chi connectivity index (χ1v) is 10.7. The molecule has 0 atom stereocenters. The minimum Gasteiger partial charge on any atom is -0.351 e. The number of piperidine rings is 1. The second kappa shape index (κ2) is 7.19. The van der Waals surface area contributed by atoms with Gasteiger partial charge in [0.1, 0.15) is 5.69 Å². The Morgan fingerprint density at radius 1 is 1.10 bits per heavy atom. The number of H-pyrrole nitrogens is 1. The van der Waals surface area contributed by atoms with E-state index in [1.165, 1.54) is 11.1 Å². The molecule has 2 saturated heterocycles. The summed E-state index contributed by atoms with van der Waals surface area (Å²) in [5.74, 6) is 0.100. The summed E-state index contributed by atoms with van der Waals surface area (Å²) >= 11 is 6.07. The monoisotopic (exact) mass is 407 g/mol. The lowest BCUT2D eigenvalue weighted by atomic mass is 9.72. The number of carbonyl (C=O) groups excluding carboxylic acids is 1. The predicted molar refractivity (Wildman–Crippen MR) is 117 cm³/mol. The molecule has 1 aromatic heterocycles. The second-order valence-corrected chi connectivity index (χ2v) is 9.28. The molecule has 0 bridgehead atoms. The molecule has 29 heavy (non-hydrogen) atoms. The molecule has 4 nitrogen and oxygen atoms in total. The van der Waals surface area contributed by atoms with Gasteiger partial charge in [-0.2, -0.15) is 0 Å². The zero-order valence-corrected chi connectivity index (χ0v) is 17.5. The van der Waals surface area contributed by atoms with Crippen LogP contribution in [0.2, 0.25) is 5.02 Å². The molecule has 1 N–H and O–H groups in total. The van der Waals surface area contributed by atoms with E-state index in [0.717, 1.165) is 56.5 Å². The van der Waals surface area contributed by atoms with E-state index in [4.69, 9.17) is 11.6 Å². The average molecular weight is 408 g/mol. The maximum absolute atomic E-state index is 13.0. The van der Waals surface area contributed by atoms with E-state index in [1.54, 1.807) is 0 Å². The fourth-order valence-electron chi connectivity index (χ4n) is 4.97. The smallest absolute Gasteiger partial charge is 0.270 e. The van der Waals surface area contributed by atoms with Gasteiger partial charge in [-0.3, -0.25) is 9.69 Å². The number of carbonyl (C=O) groups is 1. The van der Waals surface area contributed by atoms with Crippen LogP contribution < -0.4 is 0 Å². The van der Waals surface area contributed by atoms with Crippen molar-refractivity contribution in [1.82, 2.24) is 14.8 Å². The summed E-state index contributed by atoms with van der Waals surface area (Å²) in [5, 5.41) is 1.68. The van der Waals surface area contributed by atoms with Crippen LogP contribution in [0.5, 0.6) is 0 Å². The van der Waals surface area contributed by atoms with Gasteiger partial charge >= 0.3 is 0 Å². The first-order valence-electron chi connectivity index (χ1n) is 10.4. The highest BCUT2D eigenvalue weighted by Crippen LogP contribution is 2.41. The van der Waals surface area contributed by atoms with Gasteiger partial charge in [0, 0.05) is 48.6 Å². The number of aromatic amines is 1. The van der Waals surface area contributed by atoms with Gasteiger partial charge in [0.05, 0.1) is 0 Å². The fourth-order valence-corrected chi connectivity index (χ4v) is 5.15. The Hall–Kier alpha value is -2.30. The summed E-state index contributed by atoms with van der Waals surface area (Å²) < 4.78 is 0. The number of amides is 1. The van der Waals surface area contributed by atoms with Crippen molar-refractivity contribution in [1.29, 1.82) is 0 Å². The van der Waals surface area contributed by atoms with E-state index in [-0.39, 0.29) is 5.91 Å². The van der Waals surface area contributed by atoms with Crippen molar-refractivity contribution >= 4 is 28.4 Å². The third-order valence-electron chi connectivity index (χ3n) is 6.53. The number of halogens is 1.